The number of esters is 2. The molecule has 0 aromatic rings. The van der Waals surface area contributed by atoms with Gasteiger partial charge in [0.2, 0.25) is 0 Å². The standard InChI is InChI=1S/C12H19NO4/c1-16-11(14)7-3-9-5-8(12(15)17-2)6-10(4-7)13-9/h7-10,13H,3-6H2,1-2H3. The molecule has 5 heteroatoms. The number of rotatable bonds is 2. The number of fused-ring (bicyclic) bond motifs is 2. The molecule has 0 unspecified atom stereocenters. The predicted octanol–water partition coefficient (Wildman–Crippen LogP) is 0.479. The molecule has 2 saturated heterocycles. The van der Waals surface area contributed by atoms with E-state index in [4.69, 9.17) is 9.47 Å². The van der Waals surface area contributed by atoms with Crippen molar-refractivity contribution < 1.29 is 19.1 Å². The van der Waals surface area contributed by atoms with Gasteiger partial charge in [-0.15, -0.1) is 0 Å². The van der Waals surface area contributed by atoms with Crippen LogP contribution in [-0.4, -0.2) is 38.2 Å². The summed E-state index contributed by atoms with van der Waals surface area (Å²) in [6.07, 6.45) is 3.04. The number of nitrogens with one attached hydrogen (secondary N) is 1. The second-order valence-corrected chi connectivity index (χ2v) is 4.94. The van der Waals surface area contributed by atoms with Crippen LogP contribution in [0, 0.1) is 11.8 Å². The summed E-state index contributed by atoms with van der Waals surface area (Å²) in [6.45, 7) is 0. The number of carbonyl (C=O) groups is 2. The van der Waals surface area contributed by atoms with Gasteiger partial charge in [0, 0.05) is 12.1 Å². The lowest BCUT2D eigenvalue weighted by atomic mass is 9.76. The average molecular weight is 241 g/mol. The summed E-state index contributed by atoms with van der Waals surface area (Å²) in [7, 11) is 2.86. The minimum absolute atomic E-state index is 0.0187. The average Bonchev–Trinajstić information content (AvgIpc) is 2.35. The second kappa shape index (κ2) is 5.04. The second-order valence-electron chi connectivity index (χ2n) is 4.94. The van der Waals surface area contributed by atoms with E-state index in [-0.39, 0.29) is 35.9 Å². The van der Waals surface area contributed by atoms with E-state index in [0.29, 0.717) is 0 Å². The summed E-state index contributed by atoms with van der Waals surface area (Å²) < 4.78 is 9.58. The lowest BCUT2D eigenvalue weighted by Gasteiger charge is -2.41. The first-order valence-corrected chi connectivity index (χ1v) is 6.05. The van der Waals surface area contributed by atoms with Crippen molar-refractivity contribution in [2.75, 3.05) is 14.2 Å². The van der Waals surface area contributed by atoms with E-state index in [9.17, 15) is 9.59 Å². The van der Waals surface area contributed by atoms with Crippen molar-refractivity contribution in [3.63, 3.8) is 0 Å². The van der Waals surface area contributed by atoms with Gasteiger partial charge in [-0.1, -0.05) is 0 Å². The van der Waals surface area contributed by atoms with Gasteiger partial charge in [0.05, 0.1) is 26.1 Å². The van der Waals surface area contributed by atoms with Gasteiger partial charge in [0.15, 0.2) is 0 Å². The zero-order valence-electron chi connectivity index (χ0n) is 10.3. The maximum Gasteiger partial charge on any atom is 0.308 e. The highest BCUT2D eigenvalue weighted by molar-refractivity contribution is 5.74. The van der Waals surface area contributed by atoms with Crippen LogP contribution in [0.3, 0.4) is 0 Å². The Bertz CT molecular complexity index is 276. The van der Waals surface area contributed by atoms with Gasteiger partial charge in [-0.2, -0.15) is 0 Å². The molecule has 0 aromatic carbocycles. The number of piperidine rings is 2. The zero-order chi connectivity index (χ0) is 12.4. The van der Waals surface area contributed by atoms with E-state index in [2.05, 4.69) is 5.32 Å². The van der Waals surface area contributed by atoms with Crippen LogP contribution >= 0.6 is 0 Å². The summed E-state index contributed by atoms with van der Waals surface area (Å²) in [5, 5.41) is 3.46. The van der Waals surface area contributed by atoms with E-state index >= 15 is 0 Å². The van der Waals surface area contributed by atoms with Crippen LogP contribution in [0.2, 0.25) is 0 Å². The van der Waals surface area contributed by atoms with Crippen LogP contribution in [-0.2, 0) is 19.1 Å². The molecular weight excluding hydrogens is 222 g/mol. The Morgan fingerprint density at radius 3 is 1.53 bits per heavy atom. The van der Waals surface area contributed by atoms with Gasteiger partial charge in [-0.25, -0.2) is 0 Å². The van der Waals surface area contributed by atoms with Gasteiger partial charge >= 0.3 is 11.9 Å². The fourth-order valence-corrected chi connectivity index (χ4v) is 3.08. The Balaban J connectivity index is 1.98. The largest absolute Gasteiger partial charge is 0.469 e. The minimum atomic E-state index is -0.127. The number of hydrogen-bond donors (Lipinski definition) is 1. The van der Waals surface area contributed by atoms with E-state index in [1.807, 2.05) is 0 Å². The number of hydrogen-bond acceptors (Lipinski definition) is 5. The maximum atomic E-state index is 11.5. The monoisotopic (exact) mass is 241 g/mol. The van der Waals surface area contributed by atoms with E-state index in [1.54, 1.807) is 0 Å². The highest BCUT2D eigenvalue weighted by Gasteiger charge is 2.40. The third kappa shape index (κ3) is 2.60. The molecule has 2 bridgehead atoms. The molecule has 17 heavy (non-hydrogen) atoms. The van der Waals surface area contributed by atoms with Crippen molar-refractivity contribution in [1.29, 1.82) is 0 Å². The molecule has 2 heterocycles. The van der Waals surface area contributed by atoms with Crippen molar-refractivity contribution in [3.05, 3.63) is 0 Å². The minimum Gasteiger partial charge on any atom is -0.469 e. The molecule has 0 aliphatic carbocycles. The Morgan fingerprint density at radius 2 is 1.24 bits per heavy atom. The lowest BCUT2D eigenvalue weighted by Crippen LogP contribution is -2.53. The summed E-state index contributed by atoms with van der Waals surface area (Å²) in [5.41, 5.74) is 0. The topological polar surface area (TPSA) is 64.6 Å². The van der Waals surface area contributed by atoms with Crippen LogP contribution in [0.5, 0.6) is 0 Å². The molecule has 2 rings (SSSR count). The van der Waals surface area contributed by atoms with Crippen LogP contribution in [0.15, 0.2) is 0 Å². The van der Waals surface area contributed by atoms with E-state index in [1.165, 1.54) is 14.2 Å². The van der Waals surface area contributed by atoms with Crippen LogP contribution in [0.4, 0.5) is 0 Å². The van der Waals surface area contributed by atoms with Crippen LogP contribution in [0.25, 0.3) is 0 Å². The molecule has 2 aliphatic rings. The van der Waals surface area contributed by atoms with Gasteiger partial charge in [0.1, 0.15) is 0 Å². The molecule has 0 atom stereocenters. The number of carbonyl (C=O) groups excluding carboxylic acids is 2. The smallest absolute Gasteiger partial charge is 0.308 e. The van der Waals surface area contributed by atoms with Crippen molar-refractivity contribution in [2.24, 2.45) is 11.8 Å². The highest BCUT2D eigenvalue weighted by Crippen LogP contribution is 2.33. The van der Waals surface area contributed by atoms with Crippen molar-refractivity contribution in [3.8, 4) is 0 Å². The lowest BCUT2D eigenvalue weighted by molar-refractivity contribution is -0.150. The van der Waals surface area contributed by atoms with E-state index in [0.717, 1.165) is 25.7 Å². The summed E-state index contributed by atoms with van der Waals surface area (Å²) >= 11 is 0. The summed E-state index contributed by atoms with van der Waals surface area (Å²) in [4.78, 5) is 23.1. The van der Waals surface area contributed by atoms with Crippen molar-refractivity contribution >= 4 is 11.9 Å². The fourth-order valence-electron chi connectivity index (χ4n) is 3.08. The number of methoxy groups -OCH3 is 2. The summed E-state index contributed by atoms with van der Waals surface area (Å²) in [5.74, 6) is -0.291. The van der Waals surface area contributed by atoms with E-state index < -0.39 is 0 Å². The molecule has 1 N–H and O–H groups in total. The van der Waals surface area contributed by atoms with Crippen LogP contribution < -0.4 is 5.32 Å². The molecule has 5 nitrogen and oxygen atoms in total. The third-order valence-electron chi connectivity index (χ3n) is 3.82. The Morgan fingerprint density at radius 1 is 0.882 bits per heavy atom. The number of ether oxygens (including phenoxy) is 2. The SMILES string of the molecule is COC(=O)C1CC2CC(C(=O)OC)CC(C1)N2. The van der Waals surface area contributed by atoms with Gasteiger partial charge in [-0.05, 0) is 25.7 Å². The molecule has 96 valence electrons. The molecule has 0 radical (unpaired) electrons. The molecule has 0 amide bonds. The Hall–Kier alpha value is -1.10. The van der Waals surface area contributed by atoms with Gasteiger partial charge < -0.3 is 14.8 Å². The summed E-state index contributed by atoms with van der Waals surface area (Å²) in [6, 6.07) is 0.464. The Kier molecular flexibility index (Phi) is 3.66. The maximum absolute atomic E-state index is 11.5. The zero-order valence-corrected chi connectivity index (χ0v) is 10.3. The Labute approximate surface area is 101 Å². The molecule has 2 aliphatic heterocycles. The molecule has 0 saturated carbocycles. The molecule has 0 aromatic heterocycles. The van der Waals surface area contributed by atoms with Crippen molar-refractivity contribution in [1.82, 2.24) is 5.32 Å². The van der Waals surface area contributed by atoms with Gasteiger partial charge in [-0.3, -0.25) is 9.59 Å². The predicted molar refractivity (Wildman–Crippen MR) is 60.2 cm³/mol. The van der Waals surface area contributed by atoms with Crippen LogP contribution in [0.1, 0.15) is 25.7 Å². The quantitative estimate of drug-likeness (QED) is 0.712. The first-order chi connectivity index (χ1) is 8.13. The highest BCUT2D eigenvalue weighted by atomic mass is 16.5. The molecule has 2 fully saturated rings. The fraction of sp³-hybridized carbons (Fsp3) is 0.833. The third-order valence-corrected chi connectivity index (χ3v) is 3.82. The molecule has 0 spiro atoms. The molecular formula is C12H19NO4. The first kappa shape index (κ1) is 12.4. The normalized spacial score (nSPS) is 36.1. The van der Waals surface area contributed by atoms with Crippen molar-refractivity contribution in [2.45, 2.75) is 37.8 Å². The van der Waals surface area contributed by atoms with Gasteiger partial charge in [0.25, 0.3) is 0 Å². The first-order valence-electron chi connectivity index (χ1n) is 6.05.